The lowest BCUT2D eigenvalue weighted by atomic mass is 10.1. The van der Waals surface area contributed by atoms with Crippen LogP contribution in [-0.4, -0.2) is 64.8 Å². The molecule has 30 heavy (non-hydrogen) atoms. The number of carbonyl (C=O) groups is 1. The summed E-state index contributed by atoms with van der Waals surface area (Å²) in [6, 6.07) is 7.52. The molecule has 6 nitrogen and oxygen atoms in total. The number of nitrogens with zero attached hydrogens (tertiary/aromatic N) is 4. The molecule has 0 unspecified atom stereocenters. The maximum absolute atomic E-state index is 12.9. The van der Waals surface area contributed by atoms with Crippen LogP contribution < -0.4 is 4.74 Å². The average molecular weight is 433 g/mol. The van der Waals surface area contributed by atoms with Crippen LogP contribution in [0.4, 0.5) is 0 Å². The largest absolute Gasteiger partial charge is 0.491 e. The first kappa shape index (κ1) is 22.6. The minimum absolute atomic E-state index is 0.192. The van der Waals surface area contributed by atoms with Crippen LogP contribution in [0.2, 0.25) is 5.02 Å². The van der Waals surface area contributed by atoms with Gasteiger partial charge in [-0.05, 0) is 31.9 Å². The van der Waals surface area contributed by atoms with Gasteiger partial charge in [-0.15, -0.1) is 0 Å². The van der Waals surface area contributed by atoms with Gasteiger partial charge in [-0.25, -0.2) is 0 Å². The number of para-hydroxylation sites is 1. The Morgan fingerprint density at radius 2 is 1.87 bits per heavy atom. The summed E-state index contributed by atoms with van der Waals surface area (Å²) in [5.74, 6) is 1.44. The summed E-state index contributed by atoms with van der Waals surface area (Å²) in [6.45, 7) is 14.0. The summed E-state index contributed by atoms with van der Waals surface area (Å²) in [6.07, 6.45) is 0.436. The summed E-state index contributed by atoms with van der Waals surface area (Å²) in [5.41, 5.74) is 3.16. The molecule has 1 aliphatic heterocycles. The van der Waals surface area contributed by atoms with Gasteiger partial charge in [0, 0.05) is 50.5 Å². The third-order valence-corrected chi connectivity index (χ3v) is 5.94. The third-order valence-electron chi connectivity index (χ3n) is 5.62. The van der Waals surface area contributed by atoms with E-state index in [0.29, 0.717) is 24.0 Å². The zero-order valence-electron chi connectivity index (χ0n) is 18.5. The van der Waals surface area contributed by atoms with Gasteiger partial charge in [0.1, 0.15) is 12.4 Å². The summed E-state index contributed by atoms with van der Waals surface area (Å²) in [4.78, 5) is 17.2. The number of ether oxygens (including phenoxy) is 1. The van der Waals surface area contributed by atoms with Crippen molar-refractivity contribution in [3.63, 3.8) is 0 Å². The minimum atomic E-state index is 0.192. The van der Waals surface area contributed by atoms with Crippen molar-refractivity contribution in [2.75, 3.05) is 39.3 Å². The fourth-order valence-corrected chi connectivity index (χ4v) is 4.03. The van der Waals surface area contributed by atoms with Crippen molar-refractivity contribution in [2.24, 2.45) is 5.92 Å². The molecule has 2 aromatic rings. The van der Waals surface area contributed by atoms with Crippen molar-refractivity contribution >= 4 is 17.5 Å². The Labute approximate surface area is 184 Å². The first-order valence-electron chi connectivity index (χ1n) is 10.8. The first-order chi connectivity index (χ1) is 14.3. The monoisotopic (exact) mass is 432 g/mol. The van der Waals surface area contributed by atoms with Crippen molar-refractivity contribution in [3.05, 3.63) is 46.2 Å². The van der Waals surface area contributed by atoms with Crippen LogP contribution in [0.25, 0.3) is 0 Å². The molecule has 7 heteroatoms. The summed E-state index contributed by atoms with van der Waals surface area (Å²) >= 11 is 6.13. The molecule has 1 aromatic carbocycles. The van der Waals surface area contributed by atoms with Crippen molar-refractivity contribution in [2.45, 2.75) is 40.7 Å². The van der Waals surface area contributed by atoms with Crippen molar-refractivity contribution in [1.82, 2.24) is 19.6 Å². The Hall–Kier alpha value is -2.05. The van der Waals surface area contributed by atoms with Crippen LogP contribution >= 0.6 is 11.6 Å². The molecule has 1 saturated heterocycles. The lowest BCUT2D eigenvalue weighted by molar-refractivity contribution is -0.132. The van der Waals surface area contributed by atoms with Gasteiger partial charge >= 0.3 is 0 Å². The lowest BCUT2D eigenvalue weighted by Crippen LogP contribution is -2.50. The fourth-order valence-electron chi connectivity index (χ4n) is 3.84. The topological polar surface area (TPSA) is 50.6 Å². The Morgan fingerprint density at radius 3 is 2.53 bits per heavy atom. The van der Waals surface area contributed by atoms with E-state index in [1.54, 1.807) is 0 Å². The van der Waals surface area contributed by atoms with Crippen LogP contribution in [-0.2, 0) is 17.8 Å². The van der Waals surface area contributed by atoms with Crippen LogP contribution in [0, 0.1) is 19.8 Å². The zero-order valence-corrected chi connectivity index (χ0v) is 19.3. The smallest absolute Gasteiger partial charge is 0.227 e. The Bertz CT molecular complexity index is 857. The molecule has 1 amide bonds. The number of piperazine rings is 1. The second kappa shape index (κ2) is 10.3. The van der Waals surface area contributed by atoms with E-state index in [1.165, 1.54) is 0 Å². The lowest BCUT2D eigenvalue weighted by Gasteiger charge is -2.34. The highest BCUT2D eigenvalue weighted by Crippen LogP contribution is 2.23. The van der Waals surface area contributed by atoms with Crippen LogP contribution in [0.3, 0.4) is 0 Å². The van der Waals surface area contributed by atoms with E-state index >= 15 is 0 Å². The number of hydrogen-bond donors (Lipinski definition) is 0. The predicted octanol–water partition coefficient (Wildman–Crippen LogP) is 3.58. The normalized spacial score (nSPS) is 15.1. The van der Waals surface area contributed by atoms with E-state index in [4.69, 9.17) is 16.3 Å². The molecule has 1 aromatic heterocycles. The predicted molar refractivity (Wildman–Crippen MR) is 120 cm³/mol. The van der Waals surface area contributed by atoms with Crippen molar-refractivity contribution < 1.29 is 9.53 Å². The molecule has 1 fully saturated rings. The second-order valence-corrected chi connectivity index (χ2v) is 8.81. The van der Waals surface area contributed by atoms with E-state index in [2.05, 4.69) is 30.8 Å². The molecule has 0 bridgehead atoms. The standard InChI is InChI=1S/C23H33ClN4O2/c1-17(2)16-28-19(4)20(18(3)25-28)15-23(29)27-11-9-26(10-12-27)13-14-30-22-8-6-5-7-21(22)24/h5-8,17H,9-16H2,1-4H3. The maximum Gasteiger partial charge on any atom is 0.227 e. The van der Waals surface area contributed by atoms with Crippen molar-refractivity contribution in [3.8, 4) is 5.75 Å². The highest BCUT2D eigenvalue weighted by molar-refractivity contribution is 6.32. The van der Waals surface area contributed by atoms with Crippen LogP contribution in [0.1, 0.15) is 30.8 Å². The molecule has 164 valence electrons. The molecule has 2 heterocycles. The second-order valence-electron chi connectivity index (χ2n) is 8.40. The molecular weight excluding hydrogens is 400 g/mol. The van der Waals surface area contributed by atoms with Gasteiger partial charge in [0.15, 0.2) is 0 Å². The van der Waals surface area contributed by atoms with E-state index in [9.17, 15) is 4.79 Å². The molecule has 0 N–H and O–H groups in total. The Balaban J connectivity index is 1.45. The number of hydrogen-bond acceptors (Lipinski definition) is 4. The zero-order chi connectivity index (χ0) is 21.7. The first-order valence-corrected chi connectivity index (χ1v) is 11.1. The summed E-state index contributed by atoms with van der Waals surface area (Å²) < 4.78 is 7.83. The highest BCUT2D eigenvalue weighted by Gasteiger charge is 2.23. The SMILES string of the molecule is Cc1nn(CC(C)C)c(C)c1CC(=O)N1CCN(CCOc2ccccc2Cl)CC1. The summed E-state index contributed by atoms with van der Waals surface area (Å²) in [7, 11) is 0. The number of aromatic nitrogens is 2. The van der Waals surface area contributed by atoms with Crippen LogP contribution in [0.15, 0.2) is 24.3 Å². The highest BCUT2D eigenvalue weighted by atomic mass is 35.5. The van der Waals surface area contributed by atoms with E-state index in [1.807, 2.05) is 40.8 Å². The number of aryl methyl sites for hydroxylation is 1. The quantitative estimate of drug-likeness (QED) is 0.639. The number of rotatable bonds is 8. The molecule has 0 radical (unpaired) electrons. The molecule has 1 aliphatic rings. The maximum atomic E-state index is 12.9. The molecule has 3 rings (SSSR count). The number of halogens is 1. The van der Waals surface area contributed by atoms with E-state index in [0.717, 1.165) is 62.0 Å². The minimum Gasteiger partial charge on any atom is -0.491 e. The van der Waals surface area contributed by atoms with Gasteiger partial charge in [-0.2, -0.15) is 5.10 Å². The molecule has 0 atom stereocenters. The van der Waals surface area contributed by atoms with Crippen LogP contribution in [0.5, 0.6) is 5.75 Å². The summed E-state index contributed by atoms with van der Waals surface area (Å²) in [5, 5.41) is 5.27. The van der Waals surface area contributed by atoms with Gasteiger partial charge in [0.05, 0.1) is 17.1 Å². The Morgan fingerprint density at radius 1 is 1.17 bits per heavy atom. The van der Waals surface area contributed by atoms with Gasteiger partial charge in [0.25, 0.3) is 0 Å². The molecule has 0 saturated carbocycles. The molecular formula is C23H33ClN4O2. The molecule has 0 spiro atoms. The van der Waals surface area contributed by atoms with Gasteiger partial charge in [0.2, 0.25) is 5.91 Å². The molecule has 0 aliphatic carbocycles. The van der Waals surface area contributed by atoms with E-state index < -0.39 is 0 Å². The fraction of sp³-hybridized carbons (Fsp3) is 0.565. The van der Waals surface area contributed by atoms with Gasteiger partial charge in [-0.3, -0.25) is 14.4 Å². The van der Waals surface area contributed by atoms with Gasteiger partial charge in [-0.1, -0.05) is 37.6 Å². The average Bonchev–Trinajstić information content (AvgIpc) is 2.96. The van der Waals surface area contributed by atoms with Gasteiger partial charge < -0.3 is 9.64 Å². The number of amides is 1. The number of benzene rings is 1. The Kier molecular flexibility index (Phi) is 7.78. The number of carbonyl (C=O) groups excluding carboxylic acids is 1. The third kappa shape index (κ3) is 5.76. The van der Waals surface area contributed by atoms with E-state index in [-0.39, 0.29) is 5.91 Å². The van der Waals surface area contributed by atoms with Crippen molar-refractivity contribution in [1.29, 1.82) is 0 Å².